The molecule has 0 radical (unpaired) electrons. The molecular weight excluding hydrogens is 346 g/mol. The first kappa shape index (κ1) is 18.9. The van der Waals surface area contributed by atoms with Gasteiger partial charge in [0.15, 0.2) is 23.0 Å². The van der Waals surface area contributed by atoms with Crippen molar-refractivity contribution in [3.63, 3.8) is 0 Å². The van der Waals surface area contributed by atoms with Crippen LogP contribution in [0.2, 0.25) is 0 Å². The SMILES string of the molecule is COc1ccc(CC2CCc3cc(OC)c(OC)cc3NC2=O)cc1OC. The second-order valence-electron chi connectivity index (χ2n) is 6.48. The van der Waals surface area contributed by atoms with E-state index in [9.17, 15) is 4.79 Å². The number of methoxy groups -OCH3 is 4. The van der Waals surface area contributed by atoms with Crippen LogP contribution in [-0.4, -0.2) is 34.3 Å². The first-order chi connectivity index (χ1) is 13.1. The number of benzene rings is 2. The molecule has 1 heterocycles. The van der Waals surface area contributed by atoms with Crippen LogP contribution in [0.25, 0.3) is 0 Å². The molecule has 0 bridgehead atoms. The van der Waals surface area contributed by atoms with Crippen LogP contribution in [0.3, 0.4) is 0 Å². The standard InChI is InChI=1S/C21H25NO5/c1-24-17-8-5-13(10-18(17)25-2)9-15-7-6-14-11-19(26-3)20(27-4)12-16(14)22-21(15)23/h5,8,10-12,15H,6-7,9H2,1-4H3,(H,22,23). The fourth-order valence-corrected chi connectivity index (χ4v) is 3.43. The average molecular weight is 371 g/mol. The lowest BCUT2D eigenvalue weighted by atomic mass is 9.93. The first-order valence-corrected chi connectivity index (χ1v) is 8.86. The molecular formula is C21H25NO5. The smallest absolute Gasteiger partial charge is 0.227 e. The Morgan fingerprint density at radius 1 is 0.889 bits per heavy atom. The molecule has 1 atom stereocenters. The highest BCUT2D eigenvalue weighted by Gasteiger charge is 2.25. The second-order valence-corrected chi connectivity index (χ2v) is 6.48. The number of anilines is 1. The summed E-state index contributed by atoms with van der Waals surface area (Å²) in [5, 5.41) is 3.04. The lowest BCUT2D eigenvalue weighted by Crippen LogP contribution is -2.23. The Labute approximate surface area is 159 Å². The Balaban J connectivity index is 1.81. The van der Waals surface area contributed by atoms with Gasteiger partial charge in [0.1, 0.15) is 0 Å². The van der Waals surface area contributed by atoms with Crippen molar-refractivity contribution in [3.8, 4) is 23.0 Å². The molecule has 0 aromatic heterocycles. The van der Waals surface area contributed by atoms with Crippen molar-refractivity contribution in [3.05, 3.63) is 41.5 Å². The number of hydrogen-bond acceptors (Lipinski definition) is 5. The largest absolute Gasteiger partial charge is 0.493 e. The third-order valence-corrected chi connectivity index (χ3v) is 4.93. The van der Waals surface area contributed by atoms with Gasteiger partial charge in [-0.1, -0.05) is 6.07 Å². The molecule has 0 aliphatic carbocycles. The van der Waals surface area contributed by atoms with E-state index in [-0.39, 0.29) is 11.8 Å². The van der Waals surface area contributed by atoms with E-state index in [0.29, 0.717) is 29.4 Å². The maximum atomic E-state index is 12.8. The van der Waals surface area contributed by atoms with Gasteiger partial charge in [-0.05, 0) is 48.6 Å². The molecule has 6 nitrogen and oxygen atoms in total. The van der Waals surface area contributed by atoms with Crippen molar-refractivity contribution in [2.24, 2.45) is 5.92 Å². The van der Waals surface area contributed by atoms with E-state index >= 15 is 0 Å². The van der Waals surface area contributed by atoms with Gasteiger partial charge in [0.05, 0.1) is 28.4 Å². The van der Waals surface area contributed by atoms with E-state index < -0.39 is 0 Å². The number of carbonyl (C=O) groups excluding carboxylic acids is 1. The van der Waals surface area contributed by atoms with E-state index in [0.717, 1.165) is 29.7 Å². The average Bonchev–Trinajstić information content (AvgIpc) is 2.85. The van der Waals surface area contributed by atoms with Crippen molar-refractivity contribution in [1.29, 1.82) is 0 Å². The number of rotatable bonds is 6. The minimum Gasteiger partial charge on any atom is -0.493 e. The fraction of sp³-hybridized carbons (Fsp3) is 0.381. The predicted molar refractivity (Wildman–Crippen MR) is 103 cm³/mol. The van der Waals surface area contributed by atoms with E-state index in [2.05, 4.69) is 5.32 Å². The molecule has 1 N–H and O–H groups in total. The number of nitrogens with one attached hydrogen (secondary N) is 1. The zero-order chi connectivity index (χ0) is 19.4. The third kappa shape index (κ3) is 3.94. The summed E-state index contributed by atoms with van der Waals surface area (Å²) in [7, 11) is 6.41. The van der Waals surface area contributed by atoms with Gasteiger partial charge in [-0.2, -0.15) is 0 Å². The summed E-state index contributed by atoms with van der Waals surface area (Å²) in [6.07, 6.45) is 2.17. The Hall–Kier alpha value is -2.89. The van der Waals surface area contributed by atoms with E-state index in [1.165, 1.54) is 0 Å². The van der Waals surface area contributed by atoms with Crippen molar-refractivity contribution in [1.82, 2.24) is 0 Å². The minimum atomic E-state index is -0.132. The van der Waals surface area contributed by atoms with Gasteiger partial charge in [0, 0.05) is 17.7 Å². The number of amides is 1. The second kappa shape index (κ2) is 8.20. The highest BCUT2D eigenvalue weighted by Crippen LogP contribution is 2.37. The number of aryl methyl sites for hydroxylation is 1. The molecule has 1 amide bonds. The summed E-state index contributed by atoms with van der Waals surface area (Å²) in [5.41, 5.74) is 2.87. The predicted octanol–water partition coefficient (Wildman–Crippen LogP) is 3.46. The van der Waals surface area contributed by atoms with Crippen LogP contribution in [0.5, 0.6) is 23.0 Å². The van der Waals surface area contributed by atoms with Gasteiger partial charge in [0.2, 0.25) is 5.91 Å². The molecule has 3 rings (SSSR count). The molecule has 0 fully saturated rings. The molecule has 27 heavy (non-hydrogen) atoms. The summed E-state index contributed by atoms with van der Waals surface area (Å²) >= 11 is 0. The molecule has 2 aromatic rings. The molecule has 1 aliphatic rings. The minimum absolute atomic E-state index is 0.00996. The quantitative estimate of drug-likeness (QED) is 0.842. The van der Waals surface area contributed by atoms with Crippen LogP contribution in [0.1, 0.15) is 17.5 Å². The van der Waals surface area contributed by atoms with Gasteiger partial charge in [-0.15, -0.1) is 0 Å². The van der Waals surface area contributed by atoms with Gasteiger partial charge < -0.3 is 24.3 Å². The topological polar surface area (TPSA) is 66.0 Å². The zero-order valence-corrected chi connectivity index (χ0v) is 16.1. The first-order valence-electron chi connectivity index (χ1n) is 8.86. The Kier molecular flexibility index (Phi) is 5.74. The van der Waals surface area contributed by atoms with Crippen LogP contribution >= 0.6 is 0 Å². The van der Waals surface area contributed by atoms with Crippen LogP contribution in [0.15, 0.2) is 30.3 Å². The molecule has 1 aliphatic heterocycles. The van der Waals surface area contributed by atoms with E-state index in [1.54, 1.807) is 28.4 Å². The molecule has 1 unspecified atom stereocenters. The monoisotopic (exact) mass is 371 g/mol. The molecule has 0 spiro atoms. The van der Waals surface area contributed by atoms with Crippen LogP contribution in [-0.2, 0) is 17.6 Å². The summed E-state index contributed by atoms with van der Waals surface area (Å²) in [6.45, 7) is 0. The van der Waals surface area contributed by atoms with Crippen molar-refractivity contribution in [2.75, 3.05) is 33.8 Å². The number of ether oxygens (including phenoxy) is 4. The molecule has 2 aromatic carbocycles. The van der Waals surface area contributed by atoms with Gasteiger partial charge in [-0.3, -0.25) is 4.79 Å². The van der Waals surface area contributed by atoms with Crippen LogP contribution < -0.4 is 24.3 Å². The summed E-state index contributed by atoms with van der Waals surface area (Å²) in [4.78, 5) is 12.8. The van der Waals surface area contributed by atoms with Gasteiger partial charge in [0.25, 0.3) is 0 Å². The molecule has 6 heteroatoms. The van der Waals surface area contributed by atoms with Gasteiger partial charge >= 0.3 is 0 Å². The van der Waals surface area contributed by atoms with Crippen LogP contribution in [0.4, 0.5) is 5.69 Å². The van der Waals surface area contributed by atoms with Crippen molar-refractivity contribution in [2.45, 2.75) is 19.3 Å². The Morgan fingerprint density at radius 2 is 1.52 bits per heavy atom. The zero-order valence-electron chi connectivity index (χ0n) is 16.1. The number of fused-ring (bicyclic) bond motifs is 1. The number of hydrogen-bond donors (Lipinski definition) is 1. The van der Waals surface area contributed by atoms with E-state index in [1.807, 2.05) is 30.3 Å². The molecule has 0 saturated heterocycles. The lowest BCUT2D eigenvalue weighted by Gasteiger charge is -2.15. The lowest BCUT2D eigenvalue weighted by molar-refractivity contribution is -0.119. The highest BCUT2D eigenvalue weighted by molar-refractivity contribution is 5.94. The highest BCUT2D eigenvalue weighted by atomic mass is 16.5. The number of carbonyl (C=O) groups is 1. The normalized spacial score (nSPS) is 16.0. The summed E-state index contributed by atoms with van der Waals surface area (Å²) in [5.74, 6) is 2.50. The van der Waals surface area contributed by atoms with Crippen LogP contribution in [0, 0.1) is 5.92 Å². The Morgan fingerprint density at radius 3 is 2.19 bits per heavy atom. The third-order valence-electron chi connectivity index (χ3n) is 4.93. The van der Waals surface area contributed by atoms with Gasteiger partial charge in [-0.25, -0.2) is 0 Å². The summed E-state index contributed by atoms with van der Waals surface area (Å²) in [6, 6.07) is 9.53. The fourth-order valence-electron chi connectivity index (χ4n) is 3.43. The van der Waals surface area contributed by atoms with E-state index in [4.69, 9.17) is 18.9 Å². The Bertz CT molecular complexity index is 834. The maximum absolute atomic E-state index is 12.8. The molecule has 144 valence electrons. The van der Waals surface area contributed by atoms with Crippen molar-refractivity contribution < 1.29 is 23.7 Å². The summed E-state index contributed by atoms with van der Waals surface area (Å²) < 4.78 is 21.4. The van der Waals surface area contributed by atoms with Crippen molar-refractivity contribution >= 4 is 11.6 Å². The molecule has 0 saturated carbocycles. The maximum Gasteiger partial charge on any atom is 0.227 e.